The summed E-state index contributed by atoms with van der Waals surface area (Å²) in [5, 5.41) is 20.8. The van der Waals surface area contributed by atoms with Gasteiger partial charge in [0, 0.05) is 17.7 Å². The van der Waals surface area contributed by atoms with Crippen LogP contribution in [0.3, 0.4) is 0 Å². The van der Waals surface area contributed by atoms with Gasteiger partial charge in [0.1, 0.15) is 17.4 Å². The molecule has 14 heteroatoms. The van der Waals surface area contributed by atoms with E-state index in [2.05, 4.69) is 9.72 Å². The van der Waals surface area contributed by atoms with E-state index in [9.17, 15) is 45.9 Å². The molecule has 2 aromatic rings. The zero-order valence-electron chi connectivity index (χ0n) is 20.1. The van der Waals surface area contributed by atoms with Gasteiger partial charge < -0.3 is 19.4 Å². The first-order valence-corrected chi connectivity index (χ1v) is 11.4. The lowest BCUT2D eigenvalue weighted by Gasteiger charge is -2.27. The third-order valence-corrected chi connectivity index (χ3v) is 7.01. The number of nitrogens with zero attached hydrogens (tertiary/aromatic N) is 2. The monoisotopic (exact) mass is 579 g/mol. The summed E-state index contributed by atoms with van der Waals surface area (Å²) in [4.78, 5) is 16.4. The molecular weight excluding hydrogens is 561 g/mol. The Labute approximate surface area is 222 Å². The molecule has 0 amide bonds. The van der Waals surface area contributed by atoms with Crippen LogP contribution in [0.25, 0.3) is 0 Å². The molecule has 1 aliphatic carbocycles. The summed E-state index contributed by atoms with van der Waals surface area (Å²) in [5.41, 5.74) is -3.50. The number of rotatable bonds is 10. The van der Waals surface area contributed by atoms with Crippen molar-refractivity contribution in [2.45, 2.75) is 38.0 Å². The van der Waals surface area contributed by atoms with Crippen molar-refractivity contribution in [3.63, 3.8) is 0 Å². The highest BCUT2D eigenvalue weighted by Gasteiger charge is 2.75. The topological polar surface area (TPSA) is 95.3 Å². The van der Waals surface area contributed by atoms with Gasteiger partial charge in [0.2, 0.25) is 5.88 Å². The lowest BCUT2D eigenvalue weighted by Crippen LogP contribution is -2.43. The van der Waals surface area contributed by atoms with Gasteiger partial charge in [-0.2, -0.15) is 36.0 Å². The molecule has 1 aromatic heterocycles. The summed E-state index contributed by atoms with van der Waals surface area (Å²) >= 11 is 5.56. The van der Waals surface area contributed by atoms with Crippen molar-refractivity contribution >= 4 is 17.6 Å². The summed E-state index contributed by atoms with van der Waals surface area (Å²) in [6, 6.07) is 12.4. The molecule has 0 radical (unpaired) electrons. The molecule has 3 atom stereocenters. The molecule has 39 heavy (non-hydrogen) atoms. The number of alkyl halides is 7. The second kappa shape index (κ2) is 10.3. The number of hydrogen-bond acceptors (Lipinski definition) is 6. The maximum atomic E-state index is 14.3. The average molecular weight is 580 g/mol. The zero-order valence-corrected chi connectivity index (χ0v) is 20.9. The minimum Gasteiger partial charge on any atom is -0.549 e. The summed E-state index contributed by atoms with van der Waals surface area (Å²) in [6.07, 6.45) is -9.05. The average Bonchev–Trinajstić information content (AvgIpc) is 3.33. The molecule has 1 aliphatic rings. The number of carbonyl (C=O) groups excluding carboxylic acids is 1. The number of halogens is 8. The normalized spacial score (nSPS) is 22.1. The van der Waals surface area contributed by atoms with E-state index in [1.54, 1.807) is 12.1 Å². The van der Waals surface area contributed by atoms with Gasteiger partial charge >= 0.3 is 18.2 Å². The van der Waals surface area contributed by atoms with Crippen molar-refractivity contribution in [2.24, 2.45) is 16.7 Å². The smallest absolute Gasteiger partial charge is 0.455 e. The number of carbonyl (C=O) groups is 1. The Morgan fingerprint density at radius 3 is 2.38 bits per heavy atom. The van der Waals surface area contributed by atoms with Crippen LogP contribution in [-0.2, 0) is 9.53 Å². The Morgan fingerprint density at radius 1 is 1.18 bits per heavy atom. The predicted molar refractivity (Wildman–Crippen MR) is 120 cm³/mol. The molecule has 3 rings (SSSR count). The summed E-state index contributed by atoms with van der Waals surface area (Å²) in [6.45, 7) is -0.0931. The van der Waals surface area contributed by atoms with Crippen LogP contribution in [0.2, 0.25) is 0 Å². The van der Waals surface area contributed by atoms with Crippen molar-refractivity contribution in [3.05, 3.63) is 65.3 Å². The van der Waals surface area contributed by atoms with Crippen LogP contribution in [0.4, 0.5) is 30.7 Å². The molecule has 1 saturated carbocycles. The molecule has 0 N–H and O–H groups in total. The third kappa shape index (κ3) is 5.53. The number of benzene rings is 1. The number of aliphatic carboxylic acids is 1. The van der Waals surface area contributed by atoms with E-state index in [-0.39, 0.29) is 17.2 Å². The van der Waals surface area contributed by atoms with E-state index in [1.165, 1.54) is 50.4 Å². The number of nitriles is 1. The Morgan fingerprint density at radius 2 is 1.85 bits per heavy atom. The minimum atomic E-state index is -6.16. The molecular formula is C25H19ClF7N2O4-. The highest BCUT2D eigenvalue weighted by Crippen LogP contribution is 2.75. The second-order valence-corrected chi connectivity index (χ2v) is 9.69. The fourth-order valence-corrected chi connectivity index (χ4v) is 4.72. The van der Waals surface area contributed by atoms with Crippen LogP contribution in [-0.4, -0.2) is 35.8 Å². The first-order chi connectivity index (χ1) is 17.9. The van der Waals surface area contributed by atoms with Crippen LogP contribution < -0.4 is 9.84 Å². The van der Waals surface area contributed by atoms with Gasteiger partial charge in [0.15, 0.2) is 0 Å². The van der Waals surface area contributed by atoms with Crippen molar-refractivity contribution in [3.8, 4) is 17.7 Å². The van der Waals surface area contributed by atoms with Crippen molar-refractivity contribution < 1.29 is 50.1 Å². The lowest BCUT2D eigenvalue weighted by atomic mass is 9.78. The van der Waals surface area contributed by atoms with Crippen molar-refractivity contribution in [2.75, 3.05) is 6.61 Å². The second-order valence-electron chi connectivity index (χ2n) is 9.28. The van der Waals surface area contributed by atoms with Crippen LogP contribution >= 0.6 is 11.6 Å². The SMILES string of the molecule is CC1(C)C(C=C(Cl)C(F)(F)OCC(F)(F)C(F)(F)F)C1(C(=O)[O-])C(C#N)c1cccc(Oc2ccccn2)c1. The Balaban J connectivity index is 1.94. The lowest BCUT2D eigenvalue weighted by molar-refractivity contribution is -0.323. The van der Waals surface area contributed by atoms with Gasteiger partial charge in [-0.1, -0.05) is 49.7 Å². The number of aromatic nitrogens is 1. The van der Waals surface area contributed by atoms with Gasteiger partial charge in [-0.25, -0.2) is 4.98 Å². The van der Waals surface area contributed by atoms with Gasteiger partial charge in [-0.05, 0) is 35.1 Å². The fourth-order valence-electron chi connectivity index (χ4n) is 4.54. The van der Waals surface area contributed by atoms with Crippen molar-refractivity contribution in [1.82, 2.24) is 4.98 Å². The maximum absolute atomic E-state index is 14.3. The summed E-state index contributed by atoms with van der Waals surface area (Å²) in [5.74, 6) is -9.99. The molecule has 0 aliphatic heterocycles. The Hall–Kier alpha value is -3.37. The van der Waals surface area contributed by atoms with Gasteiger partial charge in [-0.15, -0.1) is 0 Å². The Kier molecular flexibility index (Phi) is 7.98. The maximum Gasteiger partial charge on any atom is 0.455 e. The first kappa shape index (κ1) is 30.2. The third-order valence-electron chi connectivity index (χ3n) is 6.67. The first-order valence-electron chi connectivity index (χ1n) is 11.1. The molecule has 1 fully saturated rings. The molecule has 1 heterocycles. The molecule has 210 valence electrons. The quantitative estimate of drug-likeness (QED) is 0.330. The van der Waals surface area contributed by atoms with Gasteiger partial charge in [0.25, 0.3) is 0 Å². The van der Waals surface area contributed by atoms with Crippen LogP contribution in [0.15, 0.2) is 59.8 Å². The van der Waals surface area contributed by atoms with Crippen LogP contribution in [0.1, 0.15) is 25.3 Å². The highest BCUT2D eigenvalue weighted by atomic mass is 35.5. The van der Waals surface area contributed by atoms with E-state index < -0.39 is 58.5 Å². The predicted octanol–water partition coefficient (Wildman–Crippen LogP) is 5.80. The van der Waals surface area contributed by atoms with E-state index in [0.717, 1.165) is 0 Å². The van der Waals surface area contributed by atoms with E-state index in [0.29, 0.717) is 6.08 Å². The van der Waals surface area contributed by atoms with E-state index >= 15 is 0 Å². The number of carboxylic acids is 1. The standard InChI is InChI=1S/C25H20ClF7N2O4/c1-21(2)17(11-18(26)24(29,30)38-13-22(27,28)25(31,32)33)23(21,20(36)37)16(12-34)14-6-5-7-15(10-14)39-19-8-3-4-9-35-19/h3-11,16-17H,13H2,1-2H3,(H,36,37)/p-1. The zero-order chi connectivity index (χ0) is 29.4. The molecule has 0 saturated heterocycles. The van der Waals surface area contributed by atoms with E-state index in [4.69, 9.17) is 16.3 Å². The van der Waals surface area contributed by atoms with Gasteiger partial charge in [0.05, 0.1) is 18.0 Å². The van der Waals surface area contributed by atoms with E-state index in [1.807, 2.05) is 6.07 Å². The number of carboxylic acid groups (broad SMARTS) is 1. The molecule has 0 spiro atoms. The largest absolute Gasteiger partial charge is 0.549 e. The molecule has 6 nitrogen and oxygen atoms in total. The number of hydrogen-bond donors (Lipinski definition) is 0. The summed E-state index contributed by atoms with van der Waals surface area (Å²) in [7, 11) is 0. The van der Waals surface area contributed by atoms with Crippen molar-refractivity contribution in [1.29, 1.82) is 5.26 Å². The minimum absolute atomic E-state index is 0.114. The van der Waals surface area contributed by atoms with Crippen LogP contribution in [0.5, 0.6) is 11.6 Å². The van der Waals surface area contributed by atoms with Gasteiger partial charge in [-0.3, -0.25) is 0 Å². The van der Waals surface area contributed by atoms with Crippen LogP contribution in [0, 0.1) is 28.1 Å². The highest BCUT2D eigenvalue weighted by molar-refractivity contribution is 6.30. The Bertz CT molecular complexity index is 1300. The number of pyridine rings is 1. The summed E-state index contributed by atoms with van der Waals surface area (Å²) < 4.78 is 101. The number of ether oxygens (including phenoxy) is 2. The fraction of sp³-hybridized carbons (Fsp3) is 0.400. The molecule has 0 bridgehead atoms. The molecule has 1 aromatic carbocycles. The molecule has 3 unspecified atom stereocenters. The number of allylic oxidation sites excluding steroid dienone is 1.